The maximum atomic E-state index is 13.1. The maximum absolute atomic E-state index is 13.1. The van der Waals surface area contributed by atoms with Crippen molar-refractivity contribution in [2.45, 2.75) is 37.3 Å². The normalized spacial score (nSPS) is 31.5. The van der Waals surface area contributed by atoms with Crippen LogP contribution in [0.1, 0.15) is 31.2 Å². The summed E-state index contributed by atoms with van der Waals surface area (Å²) in [5.41, 5.74) is 7.20. The van der Waals surface area contributed by atoms with Gasteiger partial charge in [-0.15, -0.1) is 0 Å². The van der Waals surface area contributed by atoms with Gasteiger partial charge in [0.1, 0.15) is 6.17 Å². The van der Waals surface area contributed by atoms with Crippen LogP contribution in [-0.2, 0) is 5.41 Å². The molecule has 15 heavy (non-hydrogen) atoms. The van der Waals surface area contributed by atoms with Crippen LogP contribution >= 0.6 is 0 Å². The molecule has 0 heterocycles. The summed E-state index contributed by atoms with van der Waals surface area (Å²) in [5.74, 6) is 0. The Morgan fingerprint density at radius 2 is 1.80 bits per heavy atom. The Hall–Kier alpha value is -0.890. The van der Waals surface area contributed by atoms with Gasteiger partial charge in [-0.05, 0) is 31.2 Å². The second kappa shape index (κ2) is 4.31. The molecule has 1 saturated carbocycles. The molecule has 0 radical (unpaired) electrons. The number of hydrogen-bond donors (Lipinski definition) is 1. The van der Waals surface area contributed by atoms with E-state index in [9.17, 15) is 4.39 Å². The summed E-state index contributed by atoms with van der Waals surface area (Å²) in [6, 6.07) is 10.3. The molecular formula is C13H18FN. The van der Waals surface area contributed by atoms with Crippen LogP contribution in [0.25, 0.3) is 0 Å². The van der Waals surface area contributed by atoms with E-state index in [0.29, 0.717) is 19.4 Å². The number of rotatable bonds is 2. The van der Waals surface area contributed by atoms with Gasteiger partial charge in [-0.3, -0.25) is 0 Å². The fourth-order valence-corrected chi connectivity index (χ4v) is 2.54. The van der Waals surface area contributed by atoms with Crippen LogP contribution < -0.4 is 5.73 Å². The van der Waals surface area contributed by atoms with Crippen LogP contribution in [0.2, 0.25) is 0 Å². The SMILES string of the molecule is NCC1(c2ccccc2)CCC(F)CC1. The maximum Gasteiger partial charge on any atom is 0.100 e. The smallest absolute Gasteiger partial charge is 0.100 e. The van der Waals surface area contributed by atoms with Gasteiger partial charge < -0.3 is 5.73 Å². The second-order valence-corrected chi connectivity index (χ2v) is 4.53. The Kier molecular flexibility index (Phi) is 3.06. The van der Waals surface area contributed by atoms with E-state index in [4.69, 9.17) is 5.73 Å². The topological polar surface area (TPSA) is 26.0 Å². The molecule has 0 amide bonds. The van der Waals surface area contributed by atoms with Crippen LogP contribution in [0.4, 0.5) is 4.39 Å². The Labute approximate surface area is 90.5 Å². The lowest BCUT2D eigenvalue weighted by atomic mass is 9.69. The lowest BCUT2D eigenvalue weighted by Gasteiger charge is -2.38. The molecule has 0 saturated heterocycles. The zero-order chi connectivity index (χ0) is 10.7. The number of alkyl halides is 1. The van der Waals surface area contributed by atoms with Crippen LogP contribution in [-0.4, -0.2) is 12.7 Å². The highest BCUT2D eigenvalue weighted by Crippen LogP contribution is 2.39. The first-order valence-corrected chi connectivity index (χ1v) is 5.66. The highest BCUT2D eigenvalue weighted by atomic mass is 19.1. The molecule has 2 N–H and O–H groups in total. The van der Waals surface area contributed by atoms with Crippen molar-refractivity contribution in [2.24, 2.45) is 5.73 Å². The monoisotopic (exact) mass is 207 g/mol. The number of hydrogen-bond acceptors (Lipinski definition) is 1. The van der Waals surface area contributed by atoms with Gasteiger partial charge in [0.25, 0.3) is 0 Å². The zero-order valence-electron chi connectivity index (χ0n) is 8.95. The number of nitrogens with two attached hydrogens (primary N) is 1. The zero-order valence-corrected chi connectivity index (χ0v) is 8.95. The molecule has 1 aliphatic carbocycles. The quantitative estimate of drug-likeness (QED) is 0.793. The van der Waals surface area contributed by atoms with E-state index in [2.05, 4.69) is 12.1 Å². The Balaban J connectivity index is 2.23. The third-order valence-corrected chi connectivity index (χ3v) is 3.65. The number of benzene rings is 1. The van der Waals surface area contributed by atoms with Crippen molar-refractivity contribution in [3.05, 3.63) is 35.9 Å². The second-order valence-electron chi connectivity index (χ2n) is 4.53. The standard InChI is InChI=1S/C13H18FN/c14-12-6-8-13(10-15,9-7-12)11-4-2-1-3-5-11/h1-5,12H,6-10,15H2. The molecule has 82 valence electrons. The van der Waals surface area contributed by atoms with E-state index in [-0.39, 0.29) is 5.41 Å². The molecule has 1 aromatic carbocycles. The Morgan fingerprint density at radius 1 is 1.20 bits per heavy atom. The van der Waals surface area contributed by atoms with Gasteiger partial charge in [0.15, 0.2) is 0 Å². The minimum atomic E-state index is -0.617. The highest BCUT2D eigenvalue weighted by Gasteiger charge is 2.35. The largest absolute Gasteiger partial charge is 0.330 e. The van der Waals surface area contributed by atoms with Crippen molar-refractivity contribution in [3.63, 3.8) is 0 Å². The summed E-state index contributed by atoms with van der Waals surface area (Å²) < 4.78 is 13.1. The first-order chi connectivity index (χ1) is 7.27. The average Bonchev–Trinajstić information content (AvgIpc) is 2.32. The molecule has 0 aromatic heterocycles. The summed E-state index contributed by atoms with van der Waals surface area (Å²) in [5, 5.41) is 0. The molecule has 1 aliphatic rings. The Morgan fingerprint density at radius 3 is 2.33 bits per heavy atom. The molecule has 0 spiro atoms. The molecule has 0 unspecified atom stereocenters. The molecule has 0 atom stereocenters. The van der Waals surface area contributed by atoms with E-state index in [0.717, 1.165) is 12.8 Å². The van der Waals surface area contributed by atoms with Gasteiger partial charge in [0, 0.05) is 12.0 Å². The molecule has 1 aromatic rings. The van der Waals surface area contributed by atoms with E-state index >= 15 is 0 Å². The van der Waals surface area contributed by atoms with Crippen molar-refractivity contribution in [3.8, 4) is 0 Å². The summed E-state index contributed by atoms with van der Waals surface area (Å²) >= 11 is 0. The van der Waals surface area contributed by atoms with Gasteiger partial charge in [0.05, 0.1) is 0 Å². The molecular weight excluding hydrogens is 189 g/mol. The van der Waals surface area contributed by atoms with E-state index in [1.807, 2.05) is 18.2 Å². The third-order valence-electron chi connectivity index (χ3n) is 3.65. The first kappa shape index (κ1) is 10.6. The van der Waals surface area contributed by atoms with E-state index in [1.54, 1.807) is 0 Å². The molecule has 2 rings (SSSR count). The summed E-state index contributed by atoms with van der Waals surface area (Å²) in [6.45, 7) is 0.629. The van der Waals surface area contributed by atoms with E-state index in [1.165, 1.54) is 5.56 Å². The summed E-state index contributed by atoms with van der Waals surface area (Å²) in [7, 11) is 0. The van der Waals surface area contributed by atoms with Crippen molar-refractivity contribution >= 4 is 0 Å². The van der Waals surface area contributed by atoms with Crippen molar-refractivity contribution in [1.29, 1.82) is 0 Å². The van der Waals surface area contributed by atoms with Gasteiger partial charge in [-0.25, -0.2) is 4.39 Å². The highest BCUT2D eigenvalue weighted by molar-refractivity contribution is 5.26. The minimum absolute atomic E-state index is 0.0316. The molecule has 2 heteroatoms. The van der Waals surface area contributed by atoms with Crippen molar-refractivity contribution < 1.29 is 4.39 Å². The van der Waals surface area contributed by atoms with Crippen LogP contribution in [0.15, 0.2) is 30.3 Å². The first-order valence-electron chi connectivity index (χ1n) is 5.66. The molecule has 0 bridgehead atoms. The van der Waals surface area contributed by atoms with Crippen LogP contribution in [0.3, 0.4) is 0 Å². The summed E-state index contributed by atoms with van der Waals surface area (Å²) in [6.07, 6.45) is 2.47. The van der Waals surface area contributed by atoms with Crippen LogP contribution in [0, 0.1) is 0 Å². The predicted octanol–water partition coefficient (Wildman–Crippen LogP) is 2.80. The average molecular weight is 207 g/mol. The summed E-state index contributed by atoms with van der Waals surface area (Å²) in [4.78, 5) is 0. The van der Waals surface area contributed by atoms with Gasteiger partial charge in [-0.1, -0.05) is 30.3 Å². The molecule has 1 fully saturated rings. The third kappa shape index (κ3) is 2.05. The Bertz CT molecular complexity index is 302. The molecule has 0 aliphatic heterocycles. The predicted molar refractivity (Wildman–Crippen MR) is 60.5 cm³/mol. The fraction of sp³-hybridized carbons (Fsp3) is 0.538. The minimum Gasteiger partial charge on any atom is -0.330 e. The van der Waals surface area contributed by atoms with Crippen molar-refractivity contribution in [2.75, 3.05) is 6.54 Å². The van der Waals surface area contributed by atoms with Crippen molar-refractivity contribution in [1.82, 2.24) is 0 Å². The van der Waals surface area contributed by atoms with Gasteiger partial charge in [0.2, 0.25) is 0 Å². The van der Waals surface area contributed by atoms with Gasteiger partial charge >= 0.3 is 0 Å². The van der Waals surface area contributed by atoms with Crippen LogP contribution in [0.5, 0.6) is 0 Å². The van der Waals surface area contributed by atoms with Gasteiger partial charge in [-0.2, -0.15) is 0 Å². The van der Waals surface area contributed by atoms with E-state index < -0.39 is 6.17 Å². The lowest BCUT2D eigenvalue weighted by molar-refractivity contribution is 0.184. The number of halogens is 1. The lowest BCUT2D eigenvalue weighted by Crippen LogP contribution is -2.39. The fourth-order valence-electron chi connectivity index (χ4n) is 2.54. The molecule has 1 nitrogen and oxygen atoms in total.